The number of amides is 1. The average Bonchev–Trinajstić information content (AvgIpc) is 3.53. The third-order valence-electron chi connectivity index (χ3n) is 9.59. The number of halogens is 2. The average molecular weight is 641 g/mol. The molecule has 2 aromatic heterocycles. The Morgan fingerprint density at radius 2 is 1.94 bits per heavy atom. The highest BCUT2D eigenvalue weighted by molar-refractivity contribution is 6.02. The first-order valence-corrected chi connectivity index (χ1v) is 16.0. The number of rotatable bonds is 6. The lowest BCUT2D eigenvalue weighted by Gasteiger charge is -2.44. The lowest BCUT2D eigenvalue weighted by molar-refractivity contribution is 0.00846. The summed E-state index contributed by atoms with van der Waals surface area (Å²) in [5.74, 6) is 2.51. The molecular weight excluding hydrogens is 602 g/mol. The summed E-state index contributed by atoms with van der Waals surface area (Å²) in [5, 5.41) is 2.00. The molecule has 0 radical (unpaired) electrons. The fourth-order valence-electron chi connectivity index (χ4n) is 7.20. The monoisotopic (exact) mass is 640 g/mol. The summed E-state index contributed by atoms with van der Waals surface area (Å²) in [6.45, 7) is 7.70. The van der Waals surface area contributed by atoms with E-state index in [9.17, 15) is 9.18 Å². The number of fused-ring (bicyclic) bond motifs is 3. The summed E-state index contributed by atoms with van der Waals surface area (Å²) < 4.78 is 43.0. The summed E-state index contributed by atoms with van der Waals surface area (Å²) in [4.78, 5) is 32.2. The Morgan fingerprint density at radius 1 is 1.17 bits per heavy atom. The SMILES string of the molecule is C#Cc1cccc2cccc(-c3ncc4c(N(C)C5CN(C(=O)OC(C)(C)C)C5)nc(OC[C@@]56CCCN5C[C@H](F)C6)nc4c3F)c12. The largest absolute Gasteiger partial charge is 0.461 e. The van der Waals surface area contributed by atoms with E-state index in [2.05, 4.69) is 20.8 Å². The summed E-state index contributed by atoms with van der Waals surface area (Å²) in [5.41, 5.74) is 0.317. The molecule has 1 amide bonds. The number of hydrogen-bond acceptors (Lipinski definition) is 8. The molecule has 3 saturated heterocycles. The van der Waals surface area contributed by atoms with Gasteiger partial charge in [0, 0.05) is 55.8 Å². The van der Waals surface area contributed by atoms with E-state index in [0.29, 0.717) is 48.4 Å². The predicted molar refractivity (Wildman–Crippen MR) is 177 cm³/mol. The van der Waals surface area contributed by atoms with Crippen LogP contribution in [0.15, 0.2) is 42.6 Å². The zero-order valence-electron chi connectivity index (χ0n) is 27.1. The van der Waals surface area contributed by atoms with Crippen LogP contribution in [0.1, 0.15) is 45.6 Å². The second-order valence-electron chi connectivity index (χ2n) is 13.9. The highest BCUT2D eigenvalue weighted by Gasteiger charge is 2.49. The van der Waals surface area contributed by atoms with Crippen LogP contribution >= 0.6 is 0 Å². The molecule has 9 nitrogen and oxygen atoms in total. The van der Waals surface area contributed by atoms with Gasteiger partial charge in [0.05, 0.1) is 17.0 Å². The van der Waals surface area contributed by atoms with Gasteiger partial charge in [-0.2, -0.15) is 9.97 Å². The Kier molecular flexibility index (Phi) is 7.66. The van der Waals surface area contributed by atoms with E-state index in [1.165, 1.54) is 0 Å². The van der Waals surface area contributed by atoms with Crippen molar-refractivity contribution in [2.24, 2.45) is 0 Å². The van der Waals surface area contributed by atoms with E-state index in [4.69, 9.17) is 20.9 Å². The molecule has 0 N–H and O–H groups in total. The summed E-state index contributed by atoms with van der Waals surface area (Å²) in [6.07, 6.45) is 8.28. The highest BCUT2D eigenvalue weighted by Crippen LogP contribution is 2.41. The minimum atomic E-state index is -0.913. The first-order chi connectivity index (χ1) is 22.5. The molecule has 2 atom stereocenters. The van der Waals surface area contributed by atoms with Crippen molar-refractivity contribution in [3.63, 3.8) is 0 Å². The number of likely N-dealkylation sites (N-methyl/N-ethyl adjacent to an activating group) is 1. The number of hydrogen-bond donors (Lipinski definition) is 0. The van der Waals surface area contributed by atoms with Crippen LogP contribution in [0, 0.1) is 18.2 Å². The zero-order valence-corrected chi connectivity index (χ0v) is 27.1. The quantitative estimate of drug-likeness (QED) is 0.238. The molecule has 3 aliphatic heterocycles. The van der Waals surface area contributed by atoms with Crippen molar-refractivity contribution in [2.45, 2.75) is 63.4 Å². The number of carbonyl (C=O) groups is 1. The zero-order chi connectivity index (χ0) is 33.1. The standard InChI is InChI=1S/C36H38F2N6O3/c1-6-22-10-7-11-23-12-8-13-26(28(22)23)30-29(38)31-27(17-39-30)32(42(5)25-19-43(20-25)34(45)47-35(2,3)4)41-33(40-31)46-21-36-14-9-15-44(36)18-24(37)16-36/h1,7-8,10-13,17,24-25H,9,14-16,18-21H2,2-5H3/t24-,36+/m1/s1. The fourth-order valence-corrected chi connectivity index (χ4v) is 7.20. The highest BCUT2D eigenvalue weighted by atomic mass is 19.1. The number of carbonyl (C=O) groups excluding carboxylic acids is 1. The number of terminal acetylenes is 1. The fraction of sp³-hybridized carbons (Fsp3) is 0.444. The Hall–Kier alpha value is -4.56. The minimum Gasteiger partial charge on any atom is -0.461 e. The Bertz CT molecular complexity index is 1910. The number of ether oxygens (including phenoxy) is 2. The molecule has 47 heavy (non-hydrogen) atoms. The van der Waals surface area contributed by atoms with E-state index < -0.39 is 23.1 Å². The van der Waals surface area contributed by atoms with E-state index in [1.807, 2.05) is 63.1 Å². The van der Waals surface area contributed by atoms with Crippen molar-refractivity contribution >= 4 is 33.6 Å². The van der Waals surface area contributed by atoms with Gasteiger partial charge < -0.3 is 19.3 Å². The van der Waals surface area contributed by atoms with Crippen LogP contribution in [-0.4, -0.2) is 94.0 Å². The van der Waals surface area contributed by atoms with E-state index in [1.54, 1.807) is 17.2 Å². The second kappa shape index (κ2) is 11.6. The minimum absolute atomic E-state index is 0.00416. The van der Waals surface area contributed by atoms with Crippen LogP contribution in [0.3, 0.4) is 0 Å². The Morgan fingerprint density at radius 3 is 2.68 bits per heavy atom. The summed E-state index contributed by atoms with van der Waals surface area (Å²) >= 11 is 0. The number of alkyl halides is 1. The van der Waals surface area contributed by atoms with Crippen LogP contribution in [0.25, 0.3) is 32.9 Å². The Balaban J connectivity index is 1.28. The molecule has 0 bridgehead atoms. The van der Waals surface area contributed by atoms with Crippen molar-refractivity contribution in [2.75, 3.05) is 44.7 Å². The van der Waals surface area contributed by atoms with Gasteiger partial charge in [-0.1, -0.05) is 36.3 Å². The smallest absolute Gasteiger partial charge is 0.410 e. The topological polar surface area (TPSA) is 83.9 Å². The number of aromatic nitrogens is 3. The van der Waals surface area contributed by atoms with Gasteiger partial charge in [0.15, 0.2) is 5.82 Å². The molecule has 244 valence electrons. The molecule has 4 aromatic rings. The van der Waals surface area contributed by atoms with Crippen LogP contribution in [-0.2, 0) is 4.74 Å². The van der Waals surface area contributed by atoms with E-state index in [-0.39, 0.29) is 36.0 Å². The molecular formula is C36H38F2N6O3. The summed E-state index contributed by atoms with van der Waals surface area (Å²) in [7, 11) is 1.85. The number of pyridine rings is 1. The van der Waals surface area contributed by atoms with E-state index >= 15 is 4.39 Å². The normalized spacial score (nSPS) is 21.5. The summed E-state index contributed by atoms with van der Waals surface area (Å²) in [6, 6.07) is 11.1. The lowest BCUT2D eigenvalue weighted by Crippen LogP contribution is -2.61. The van der Waals surface area contributed by atoms with Gasteiger partial charge in [-0.05, 0) is 51.6 Å². The van der Waals surface area contributed by atoms with E-state index in [0.717, 1.165) is 30.2 Å². The number of benzene rings is 2. The van der Waals surface area contributed by atoms with Crippen LogP contribution in [0.4, 0.5) is 19.4 Å². The molecule has 0 unspecified atom stereocenters. The van der Waals surface area contributed by atoms with Gasteiger partial charge >= 0.3 is 12.1 Å². The van der Waals surface area contributed by atoms with Gasteiger partial charge in [0.2, 0.25) is 0 Å². The maximum Gasteiger partial charge on any atom is 0.410 e. The molecule has 5 heterocycles. The van der Waals surface area contributed by atoms with Gasteiger partial charge in [0.25, 0.3) is 0 Å². The molecule has 3 aliphatic rings. The lowest BCUT2D eigenvalue weighted by atomic mass is 9.95. The Labute approximate surface area is 272 Å². The van der Waals surface area contributed by atoms with Gasteiger partial charge in [-0.15, -0.1) is 6.42 Å². The van der Waals surface area contributed by atoms with Gasteiger partial charge in [-0.25, -0.2) is 13.6 Å². The third-order valence-corrected chi connectivity index (χ3v) is 9.59. The van der Waals surface area contributed by atoms with Crippen LogP contribution < -0.4 is 9.64 Å². The number of nitrogens with zero attached hydrogens (tertiary/aromatic N) is 6. The molecule has 7 rings (SSSR count). The first-order valence-electron chi connectivity index (χ1n) is 16.0. The van der Waals surface area contributed by atoms with Crippen LogP contribution in [0.5, 0.6) is 6.01 Å². The van der Waals surface area contributed by atoms with Crippen molar-refractivity contribution in [3.05, 3.63) is 54.0 Å². The second-order valence-corrected chi connectivity index (χ2v) is 13.9. The predicted octanol–water partition coefficient (Wildman–Crippen LogP) is 5.98. The maximum absolute atomic E-state index is 16.8. The van der Waals surface area contributed by atoms with Crippen molar-refractivity contribution < 1.29 is 23.0 Å². The van der Waals surface area contributed by atoms with Crippen LogP contribution in [0.2, 0.25) is 0 Å². The molecule has 3 fully saturated rings. The van der Waals surface area contributed by atoms with Crippen molar-refractivity contribution in [1.29, 1.82) is 0 Å². The van der Waals surface area contributed by atoms with Gasteiger partial charge in [-0.3, -0.25) is 9.88 Å². The molecule has 11 heteroatoms. The molecule has 0 spiro atoms. The third kappa shape index (κ3) is 5.58. The molecule has 0 saturated carbocycles. The van der Waals surface area contributed by atoms with Crippen molar-refractivity contribution in [3.8, 4) is 29.6 Å². The van der Waals surface area contributed by atoms with Gasteiger partial charge in [0.1, 0.15) is 35.4 Å². The molecule has 2 aromatic carbocycles. The maximum atomic E-state index is 16.8. The number of likely N-dealkylation sites (tertiary alicyclic amines) is 1. The first kappa shape index (κ1) is 31.1. The number of anilines is 1. The molecule has 0 aliphatic carbocycles. The van der Waals surface area contributed by atoms with Crippen molar-refractivity contribution in [1.82, 2.24) is 24.8 Å².